The van der Waals surface area contributed by atoms with Gasteiger partial charge < -0.3 is 15.2 Å². The van der Waals surface area contributed by atoms with Crippen LogP contribution in [0.15, 0.2) is 48.5 Å². The minimum atomic E-state index is -1.06. The Hall–Kier alpha value is -2.30. The van der Waals surface area contributed by atoms with Crippen molar-refractivity contribution in [3.05, 3.63) is 69.7 Å². The Morgan fingerprint density at radius 1 is 1.21 bits per heavy atom. The summed E-state index contributed by atoms with van der Waals surface area (Å²) < 4.78 is 5.85. The SMILES string of the molecule is CC(C)(C)C[C@H]1[C@@H](OC(=O)NCCCO)N[C@H](c2cccc(Cl)c2)[C@]1(C#N)c1ccc(Cl)cc1. The van der Waals surface area contributed by atoms with Crippen molar-refractivity contribution in [1.29, 1.82) is 5.26 Å². The smallest absolute Gasteiger partial charge is 0.408 e. The number of benzene rings is 2. The molecule has 0 bridgehead atoms. The standard InChI is InChI=1S/C26H31Cl2N3O3/c1-25(2,3)15-21-23(34-24(33)30-12-5-13-32)31-22(17-6-4-7-20(28)14-17)26(21,16-29)18-8-10-19(27)11-9-18/h4,6-11,14,21-23,31-32H,5,12-13,15H2,1-3H3,(H,30,33)/t21-,22+,23+,26+/m0/s1. The van der Waals surface area contributed by atoms with Gasteiger partial charge in [-0.3, -0.25) is 5.32 Å². The predicted molar refractivity (Wildman–Crippen MR) is 134 cm³/mol. The van der Waals surface area contributed by atoms with Crippen molar-refractivity contribution >= 4 is 29.3 Å². The Morgan fingerprint density at radius 3 is 2.50 bits per heavy atom. The second kappa shape index (κ2) is 11.0. The molecule has 6 nitrogen and oxygen atoms in total. The number of aliphatic hydroxyl groups excluding tert-OH is 1. The molecule has 1 saturated heterocycles. The van der Waals surface area contributed by atoms with Gasteiger partial charge in [-0.1, -0.05) is 68.2 Å². The Bertz CT molecular complexity index is 1030. The summed E-state index contributed by atoms with van der Waals surface area (Å²) in [5.41, 5.74) is 0.408. The van der Waals surface area contributed by atoms with Crippen LogP contribution in [0.4, 0.5) is 4.79 Å². The van der Waals surface area contributed by atoms with Crippen molar-refractivity contribution in [1.82, 2.24) is 10.6 Å². The van der Waals surface area contributed by atoms with Gasteiger partial charge in [-0.05, 0) is 53.6 Å². The van der Waals surface area contributed by atoms with Crippen LogP contribution in [0.2, 0.25) is 10.0 Å². The van der Waals surface area contributed by atoms with Gasteiger partial charge in [0.1, 0.15) is 5.41 Å². The van der Waals surface area contributed by atoms with Crippen molar-refractivity contribution in [2.75, 3.05) is 13.2 Å². The van der Waals surface area contributed by atoms with Gasteiger partial charge in [-0.15, -0.1) is 0 Å². The van der Waals surface area contributed by atoms with Gasteiger partial charge in [0.25, 0.3) is 0 Å². The number of carbonyl (C=O) groups excluding carboxylic acids is 1. The van der Waals surface area contributed by atoms with E-state index in [0.717, 1.165) is 11.1 Å². The predicted octanol–water partition coefficient (Wildman–Crippen LogP) is 5.59. The van der Waals surface area contributed by atoms with Crippen LogP contribution in [-0.2, 0) is 10.2 Å². The number of carbonyl (C=O) groups is 1. The summed E-state index contributed by atoms with van der Waals surface area (Å²) in [6.07, 6.45) is -0.286. The third kappa shape index (κ3) is 5.84. The molecule has 0 saturated carbocycles. The molecule has 182 valence electrons. The number of aliphatic hydroxyl groups is 1. The van der Waals surface area contributed by atoms with E-state index in [-0.39, 0.29) is 17.9 Å². The van der Waals surface area contributed by atoms with Gasteiger partial charge in [0.15, 0.2) is 6.23 Å². The second-order valence-corrected chi connectivity index (χ2v) is 10.7. The van der Waals surface area contributed by atoms with Crippen molar-refractivity contribution in [2.45, 2.75) is 51.3 Å². The fourth-order valence-electron chi connectivity index (χ4n) is 4.70. The molecule has 0 radical (unpaired) electrons. The normalized spacial score (nSPS) is 24.4. The Morgan fingerprint density at radius 2 is 1.91 bits per heavy atom. The largest absolute Gasteiger partial charge is 0.430 e. The number of ether oxygens (including phenoxy) is 1. The Labute approximate surface area is 211 Å². The van der Waals surface area contributed by atoms with E-state index in [1.165, 1.54) is 0 Å². The maximum absolute atomic E-state index is 12.6. The first-order valence-corrected chi connectivity index (χ1v) is 12.1. The highest BCUT2D eigenvalue weighted by Gasteiger charge is 2.59. The van der Waals surface area contributed by atoms with Gasteiger partial charge in [-0.2, -0.15) is 5.26 Å². The van der Waals surface area contributed by atoms with Gasteiger partial charge in [-0.25, -0.2) is 4.79 Å². The number of amides is 1. The molecule has 1 aliphatic rings. The average molecular weight is 504 g/mol. The Kier molecular flexibility index (Phi) is 8.48. The van der Waals surface area contributed by atoms with E-state index < -0.39 is 23.8 Å². The molecule has 3 N–H and O–H groups in total. The molecule has 4 atom stereocenters. The van der Waals surface area contributed by atoms with Crippen LogP contribution in [0, 0.1) is 22.7 Å². The molecule has 2 aromatic rings. The zero-order valence-corrected chi connectivity index (χ0v) is 21.2. The molecule has 3 rings (SSSR count). The van der Waals surface area contributed by atoms with E-state index >= 15 is 0 Å². The van der Waals surface area contributed by atoms with Gasteiger partial charge in [0, 0.05) is 29.1 Å². The first-order chi connectivity index (χ1) is 16.1. The molecule has 1 fully saturated rings. The quantitative estimate of drug-likeness (QED) is 0.428. The van der Waals surface area contributed by atoms with Crippen LogP contribution in [0.3, 0.4) is 0 Å². The van der Waals surface area contributed by atoms with E-state index in [4.69, 9.17) is 33.0 Å². The first-order valence-electron chi connectivity index (χ1n) is 11.3. The second-order valence-electron chi connectivity index (χ2n) is 9.84. The molecule has 1 heterocycles. The topological polar surface area (TPSA) is 94.4 Å². The monoisotopic (exact) mass is 503 g/mol. The number of nitrogens with one attached hydrogen (secondary N) is 2. The van der Waals surface area contributed by atoms with E-state index in [1.807, 2.05) is 30.3 Å². The average Bonchev–Trinajstić information content (AvgIpc) is 3.07. The van der Waals surface area contributed by atoms with Gasteiger partial charge in [0.05, 0.1) is 12.1 Å². The summed E-state index contributed by atoms with van der Waals surface area (Å²) >= 11 is 12.5. The van der Waals surface area contributed by atoms with Crippen molar-refractivity contribution in [3.8, 4) is 6.07 Å². The molecule has 1 amide bonds. The highest BCUT2D eigenvalue weighted by Crippen LogP contribution is 2.53. The maximum Gasteiger partial charge on any atom is 0.408 e. The molecule has 0 spiro atoms. The zero-order valence-electron chi connectivity index (χ0n) is 19.6. The molecule has 0 aliphatic carbocycles. The fourth-order valence-corrected chi connectivity index (χ4v) is 5.02. The number of nitrogens with zero attached hydrogens (tertiary/aromatic N) is 1. The Balaban J connectivity index is 2.12. The van der Waals surface area contributed by atoms with Crippen molar-refractivity contribution in [2.24, 2.45) is 11.3 Å². The molecule has 1 aliphatic heterocycles. The van der Waals surface area contributed by atoms with Crippen molar-refractivity contribution in [3.63, 3.8) is 0 Å². The molecule has 8 heteroatoms. The van der Waals surface area contributed by atoms with E-state index in [0.29, 0.717) is 29.4 Å². The summed E-state index contributed by atoms with van der Waals surface area (Å²) in [5.74, 6) is -0.369. The van der Waals surface area contributed by atoms with E-state index in [9.17, 15) is 10.1 Å². The van der Waals surface area contributed by atoms with Gasteiger partial charge >= 0.3 is 6.09 Å². The van der Waals surface area contributed by atoms with E-state index in [2.05, 4.69) is 37.5 Å². The fraction of sp³-hybridized carbons (Fsp3) is 0.462. The number of alkyl carbamates (subject to hydrolysis) is 1. The zero-order chi connectivity index (χ0) is 24.9. The van der Waals surface area contributed by atoms with Crippen LogP contribution >= 0.6 is 23.2 Å². The maximum atomic E-state index is 12.6. The lowest BCUT2D eigenvalue weighted by Crippen LogP contribution is -2.41. The van der Waals surface area contributed by atoms with Crippen LogP contribution < -0.4 is 10.6 Å². The van der Waals surface area contributed by atoms with Gasteiger partial charge in [0.2, 0.25) is 0 Å². The third-order valence-corrected chi connectivity index (χ3v) is 6.58. The molecular weight excluding hydrogens is 473 g/mol. The minimum absolute atomic E-state index is 0.0282. The number of hydrogen-bond acceptors (Lipinski definition) is 5. The summed E-state index contributed by atoms with van der Waals surface area (Å²) in [7, 11) is 0. The lowest BCUT2D eigenvalue weighted by molar-refractivity contribution is 0.0416. The minimum Gasteiger partial charge on any atom is -0.430 e. The van der Waals surface area contributed by atoms with Crippen LogP contribution in [0.1, 0.15) is 50.8 Å². The third-order valence-electron chi connectivity index (χ3n) is 6.10. The molecule has 34 heavy (non-hydrogen) atoms. The highest BCUT2D eigenvalue weighted by atomic mass is 35.5. The summed E-state index contributed by atoms with van der Waals surface area (Å²) in [5, 5.41) is 27.0. The number of halogens is 2. The summed E-state index contributed by atoms with van der Waals surface area (Å²) in [6, 6.07) is 16.8. The molecule has 2 aromatic carbocycles. The lowest BCUT2D eigenvalue weighted by atomic mass is 9.63. The van der Waals surface area contributed by atoms with Crippen LogP contribution in [0.25, 0.3) is 0 Å². The van der Waals surface area contributed by atoms with Crippen LogP contribution in [-0.4, -0.2) is 30.6 Å². The molecule has 0 unspecified atom stereocenters. The number of rotatable bonds is 7. The molecule has 0 aromatic heterocycles. The summed E-state index contributed by atoms with van der Waals surface area (Å²) in [4.78, 5) is 12.6. The number of nitriles is 1. The summed E-state index contributed by atoms with van der Waals surface area (Å²) in [6.45, 7) is 6.57. The number of hydrogen-bond donors (Lipinski definition) is 3. The molecular formula is C26H31Cl2N3O3. The van der Waals surface area contributed by atoms with Crippen LogP contribution in [0.5, 0.6) is 0 Å². The highest BCUT2D eigenvalue weighted by molar-refractivity contribution is 6.30. The first kappa shape index (κ1) is 26.3. The lowest BCUT2D eigenvalue weighted by Gasteiger charge is -2.37. The van der Waals surface area contributed by atoms with Crippen molar-refractivity contribution < 1.29 is 14.6 Å². The van der Waals surface area contributed by atoms with E-state index in [1.54, 1.807) is 18.2 Å².